The van der Waals surface area contributed by atoms with Gasteiger partial charge in [-0.15, -0.1) is 0 Å². The summed E-state index contributed by atoms with van der Waals surface area (Å²) >= 11 is 0. The monoisotopic (exact) mass is 255 g/mol. The second-order valence-corrected chi connectivity index (χ2v) is 3.77. The number of azide groups is 1. The van der Waals surface area contributed by atoms with Gasteiger partial charge in [0.1, 0.15) is 11.9 Å². The predicted octanol–water partition coefficient (Wildman–Crippen LogP) is 1.41. The first-order valence-electron chi connectivity index (χ1n) is 5.36. The van der Waals surface area contributed by atoms with Crippen molar-refractivity contribution in [2.24, 2.45) is 5.11 Å². The molecule has 1 aromatic carbocycles. The molecule has 0 fully saturated rings. The van der Waals surface area contributed by atoms with Crippen LogP contribution in [0.4, 0.5) is 4.39 Å². The zero-order valence-electron chi connectivity index (χ0n) is 9.57. The molecule has 0 amide bonds. The molecule has 0 aromatic heterocycles. The third-order valence-corrected chi connectivity index (χ3v) is 2.52. The Kier molecular flexibility index (Phi) is 5.54. The number of hydrogen-bond acceptors (Lipinski definition) is 4. The quantitative estimate of drug-likeness (QED) is 0.406. The van der Waals surface area contributed by atoms with Crippen molar-refractivity contribution in [3.05, 3.63) is 45.6 Å². The highest BCUT2D eigenvalue weighted by Crippen LogP contribution is 2.23. The second kappa shape index (κ2) is 6.93. The van der Waals surface area contributed by atoms with Crippen LogP contribution in [0.15, 0.2) is 23.3 Å². The Labute approximate surface area is 103 Å². The first-order valence-corrected chi connectivity index (χ1v) is 5.36. The third-order valence-electron chi connectivity index (χ3n) is 2.52. The molecule has 0 saturated heterocycles. The first kappa shape index (κ1) is 14.4. The van der Waals surface area contributed by atoms with Crippen LogP contribution >= 0.6 is 0 Å². The Morgan fingerprint density at radius 2 is 2.11 bits per heavy atom. The summed E-state index contributed by atoms with van der Waals surface area (Å²) in [5.74, 6) is -0.697. The predicted molar refractivity (Wildman–Crippen MR) is 61.9 cm³/mol. The van der Waals surface area contributed by atoms with Crippen molar-refractivity contribution in [2.75, 3.05) is 6.54 Å². The molecular formula is C11H14FN3O3. The molecule has 0 bridgehead atoms. The van der Waals surface area contributed by atoms with Crippen molar-refractivity contribution in [1.82, 2.24) is 0 Å². The van der Waals surface area contributed by atoms with Crippen LogP contribution in [0, 0.1) is 5.82 Å². The van der Waals surface area contributed by atoms with Crippen LogP contribution < -0.4 is 0 Å². The first-order chi connectivity index (χ1) is 8.60. The molecule has 0 saturated carbocycles. The molecule has 0 aliphatic heterocycles. The topological polar surface area (TPSA) is 109 Å². The Hall–Kier alpha value is -1.66. The number of aliphatic hydroxyl groups is 3. The highest BCUT2D eigenvalue weighted by molar-refractivity contribution is 5.26. The molecule has 0 spiro atoms. The molecular weight excluding hydrogens is 241 g/mol. The molecule has 7 heteroatoms. The molecule has 6 nitrogen and oxygen atoms in total. The Morgan fingerprint density at radius 1 is 1.39 bits per heavy atom. The van der Waals surface area contributed by atoms with E-state index in [1.807, 2.05) is 0 Å². The van der Waals surface area contributed by atoms with Gasteiger partial charge in [0.15, 0.2) is 0 Å². The van der Waals surface area contributed by atoms with Gasteiger partial charge >= 0.3 is 0 Å². The second-order valence-electron chi connectivity index (χ2n) is 3.77. The molecule has 2 unspecified atom stereocenters. The minimum absolute atomic E-state index is 0.0189. The highest BCUT2D eigenvalue weighted by atomic mass is 19.1. The van der Waals surface area contributed by atoms with Crippen LogP contribution in [0.2, 0.25) is 0 Å². The average molecular weight is 255 g/mol. The van der Waals surface area contributed by atoms with E-state index in [0.717, 1.165) is 6.07 Å². The van der Waals surface area contributed by atoms with Gasteiger partial charge in [0.25, 0.3) is 0 Å². The molecule has 0 radical (unpaired) electrons. The maximum atomic E-state index is 13.6. The van der Waals surface area contributed by atoms with Gasteiger partial charge in [-0.1, -0.05) is 17.2 Å². The van der Waals surface area contributed by atoms with Crippen molar-refractivity contribution in [2.45, 2.75) is 25.2 Å². The van der Waals surface area contributed by atoms with Gasteiger partial charge in [0, 0.05) is 17.0 Å². The Bertz CT molecular complexity index is 449. The molecule has 18 heavy (non-hydrogen) atoms. The lowest BCUT2D eigenvalue weighted by molar-refractivity contribution is 0.0129. The van der Waals surface area contributed by atoms with E-state index in [4.69, 9.17) is 10.6 Å². The number of rotatable bonds is 6. The van der Waals surface area contributed by atoms with Gasteiger partial charge in [-0.3, -0.25) is 0 Å². The number of benzene rings is 1. The van der Waals surface area contributed by atoms with Crippen molar-refractivity contribution >= 4 is 0 Å². The van der Waals surface area contributed by atoms with Gasteiger partial charge in [-0.2, -0.15) is 0 Å². The van der Waals surface area contributed by atoms with E-state index < -0.39 is 18.0 Å². The summed E-state index contributed by atoms with van der Waals surface area (Å²) in [6, 6.07) is 3.86. The van der Waals surface area contributed by atoms with Crippen molar-refractivity contribution in [3.8, 4) is 0 Å². The van der Waals surface area contributed by atoms with Crippen LogP contribution in [-0.2, 0) is 6.61 Å². The molecule has 0 aliphatic rings. The third kappa shape index (κ3) is 3.68. The molecule has 2 atom stereocenters. The zero-order chi connectivity index (χ0) is 13.5. The van der Waals surface area contributed by atoms with E-state index >= 15 is 0 Å². The summed E-state index contributed by atoms with van der Waals surface area (Å²) in [6.07, 6.45) is -2.58. The lowest BCUT2D eigenvalue weighted by Gasteiger charge is -2.18. The van der Waals surface area contributed by atoms with E-state index in [1.165, 1.54) is 12.1 Å². The van der Waals surface area contributed by atoms with Crippen LogP contribution in [0.5, 0.6) is 0 Å². The summed E-state index contributed by atoms with van der Waals surface area (Å²) < 4.78 is 13.6. The lowest BCUT2D eigenvalue weighted by atomic mass is 10.0. The van der Waals surface area contributed by atoms with Crippen LogP contribution in [0.25, 0.3) is 10.4 Å². The van der Waals surface area contributed by atoms with Crippen molar-refractivity contribution in [3.63, 3.8) is 0 Å². The highest BCUT2D eigenvalue weighted by Gasteiger charge is 2.21. The summed E-state index contributed by atoms with van der Waals surface area (Å²) in [7, 11) is 0. The van der Waals surface area contributed by atoms with E-state index in [2.05, 4.69) is 10.0 Å². The fraction of sp³-hybridized carbons (Fsp3) is 0.455. The van der Waals surface area contributed by atoms with Gasteiger partial charge < -0.3 is 15.3 Å². The smallest absolute Gasteiger partial charge is 0.129 e. The van der Waals surface area contributed by atoms with Crippen LogP contribution in [0.1, 0.15) is 23.7 Å². The van der Waals surface area contributed by atoms with Gasteiger partial charge in [-0.05, 0) is 23.6 Å². The zero-order valence-corrected chi connectivity index (χ0v) is 9.57. The van der Waals surface area contributed by atoms with E-state index in [-0.39, 0.29) is 25.1 Å². The summed E-state index contributed by atoms with van der Waals surface area (Å²) in [5.41, 5.74) is 8.39. The fourth-order valence-corrected chi connectivity index (χ4v) is 1.51. The van der Waals surface area contributed by atoms with Crippen LogP contribution in [-0.4, -0.2) is 28.0 Å². The number of halogens is 1. The van der Waals surface area contributed by atoms with Gasteiger partial charge in [0.2, 0.25) is 0 Å². The SMILES string of the molecule is [N-]=[N+]=NCCC(O)C(O)c1ccc(CO)cc1F. The summed E-state index contributed by atoms with van der Waals surface area (Å²) in [5, 5.41) is 31.4. The standard InChI is InChI=1S/C11H14FN3O3/c12-9-5-7(6-16)1-2-8(9)11(18)10(17)3-4-14-15-13/h1-2,5,10-11,16-18H,3-4,6H2. The average Bonchev–Trinajstić information content (AvgIpc) is 2.38. The van der Waals surface area contributed by atoms with E-state index in [1.54, 1.807) is 0 Å². The fourth-order valence-electron chi connectivity index (χ4n) is 1.51. The number of hydrogen-bond donors (Lipinski definition) is 3. The maximum Gasteiger partial charge on any atom is 0.129 e. The maximum absolute atomic E-state index is 13.6. The Balaban J connectivity index is 2.76. The minimum Gasteiger partial charge on any atom is -0.392 e. The summed E-state index contributed by atoms with van der Waals surface area (Å²) in [4.78, 5) is 2.51. The van der Waals surface area contributed by atoms with Crippen LogP contribution in [0.3, 0.4) is 0 Å². The minimum atomic E-state index is -1.40. The molecule has 1 aromatic rings. The number of aliphatic hydroxyl groups excluding tert-OH is 3. The molecule has 3 N–H and O–H groups in total. The van der Waals surface area contributed by atoms with Gasteiger partial charge in [0.05, 0.1) is 12.7 Å². The molecule has 1 rings (SSSR count). The molecule has 0 heterocycles. The number of nitrogens with zero attached hydrogens (tertiary/aromatic N) is 3. The lowest BCUT2D eigenvalue weighted by Crippen LogP contribution is -2.20. The van der Waals surface area contributed by atoms with E-state index in [9.17, 15) is 14.6 Å². The van der Waals surface area contributed by atoms with Crippen molar-refractivity contribution < 1.29 is 19.7 Å². The molecule has 98 valence electrons. The Morgan fingerprint density at radius 3 is 2.67 bits per heavy atom. The molecule has 0 aliphatic carbocycles. The largest absolute Gasteiger partial charge is 0.392 e. The normalized spacial score (nSPS) is 13.8. The van der Waals surface area contributed by atoms with Crippen molar-refractivity contribution in [1.29, 1.82) is 0 Å². The summed E-state index contributed by atoms with van der Waals surface area (Å²) in [6.45, 7) is -0.280. The van der Waals surface area contributed by atoms with E-state index in [0.29, 0.717) is 5.56 Å². The van der Waals surface area contributed by atoms with Gasteiger partial charge in [-0.25, -0.2) is 4.39 Å².